The summed E-state index contributed by atoms with van der Waals surface area (Å²) < 4.78 is 39.8. The molecule has 0 spiro atoms. The molecule has 0 saturated carbocycles. The van der Waals surface area contributed by atoms with Crippen molar-refractivity contribution in [3.63, 3.8) is 0 Å². The van der Waals surface area contributed by atoms with E-state index in [4.69, 9.17) is 0 Å². The molecular weight excluding hydrogens is 325 g/mol. The normalized spacial score (nSPS) is 10.3. The summed E-state index contributed by atoms with van der Waals surface area (Å²) in [6.45, 7) is 0. The van der Waals surface area contributed by atoms with Crippen molar-refractivity contribution >= 4 is 27.7 Å². The monoisotopic (exact) mass is 330 g/mol. The van der Waals surface area contributed by atoms with Crippen LogP contribution in [0, 0.1) is 17.5 Å². The van der Waals surface area contributed by atoms with Crippen LogP contribution >= 0.6 is 15.9 Å². The lowest BCUT2D eigenvalue weighted by molar-refractivity contribution is 0.101. The van der Waals surface area contributed by atoms with E-state index in [1.807, 2.05) is 0 Å². The molecule has 0 unspecified atom stereocenters. The maximum absolute atomic E-state index is 13.5. The van der Waals surface area contributed by atoms with Crippen molar-refractivity contribution in [2.75, 3.05) is 5.32 Å². The number of carbonyl (C=O) groups excluding carboxylic acids is 1. The van der Waals surface area contributed by atoms with Crippen LogP contribution in [-0.4, -0.2) is 10.9 Å². The van der Waals surface area contributed by atoms with Gasteiger partial charge in [0.15, 0.2) is 0 Å². The third-order valence-electron chi connectivity index (χ3n) is 2.20. The van der Waals surface area contributed by atoms with Gasteiger partial charge in [0.2, 0.25) is 0 Å². The number of halogens is 4. The largest absolute Gasteiger partial charge is 0.306 e. The predicted molar refractivity (Wildman–Crippen MR) is 66.2 cm³/mol. The molecule has 0 aliphatic heterocycles. The Morgan fingerprint density at radius 3 is 2.32 bits per heavy atom. The van der Waals surface area contributed by atoms with Gasteiger partial charge in [-0.3, -0.25) is 4.79 Å². The van der Waals surface area contributed by atoms with Gasteiger partial charge in [-0.25, -0.2) is 18.2 Å². The summed E-state index contributed by atoms with van der Waals surface area (Å²) in [4.78, 5) is 15.3. The van der Waals surface area contributed by atoms with Crippen molar-refractivity contribution in [2.24, 2.45) is 0 Å². The van der Waals surface area contributed by atoms with Gasteiger partial charge in [-0.2, -0.15) is 0 Å². The van der Waals surface area contributed by atoms with Crippen LogP contribution < -0.4 is 5.32 Å². The zero-order chi connectivity index (χ0) is 14.0. The van der Waals surface area contributed by atoms with Gasteiger partial charge in [-0.1, -0.05) is 15.9 Å². The Bertz CT molecular complexity index is 608. The minimum Gasteiger partial charge on any atom is -0.306 e. The van der Waals surface area contributed by atoms with Crippen LogP contribution in [0.3, 0.4) is 0 Å². The van der Waals surface area contributed by atoms with Gasteiger partial charge in [0, 0.05) is 4.47 Å². The van der Waals surface area contributed by atoms with Gasteiger partial charge in [-0.05, 0) is 24.3 Å². The highest BCUT2D eigenvalue weighted by molar-refractivity contribution is 9.10. The van der Waals surface area contributed by atoms with Crippen LogP contribution in [0.5, 0.6) is 0 Å². The predicted octanol–water partition coefficient (Wildman–Crippen LogP) is 3.51. The molecule has 7 heteroatoms. The Morgan fingerprint density at radius 2 is 1.79 bits per heavy atom. The van der Waals surface area contributed by atoms with Gasteiger partial charge in [0.25, 0.3) is 5.91 Å². The van der Waals surface area contributed by atoms with E-state index in [0.717, 1.165) is 24.4 Å². The number of anilines is 1. The molecule has 0 bridgehead atoms. The molecule has 98 valence electrons. The van der Waals surface area contributed by atoms with Crippen molar-refractivity contribution < 1.29 is 18.0 Å². The molecule has 0 fully saturated rings. The van der Waals surface area contributed by atoms with Gasteiger partial charge in [-0.15, -0.1) is 0 Å². The number of nitrogens with zero attached hydrogens (tertiary/aromatic N) is 1. The second-order valence-corrected chi connectivity index (χ2v) is 4.48. The van der Waals surface area contributed by atoms with Crippen molar-refractivity contribution in [3.05, 3.63) is 58.0 Å². The third kappa shape index (κ3) is 3.11. The molecule has 1 aromatic carbocycles. The number of rotatable bonds is 2. The number of aromatic nitrogens is 1. The summed E-state index contributed by atoms with van der Waals surface area (Å²) in [6.07, 6.45) is 0.879. The van der Waals surface area contributed by atoms with Crippen molar-refractivity contribution in [2.45, 2.75) is 0 Å². The molecule has 0 aliphatic rings. The van der Waals surface area contributed by atoms with Gasteiger partial charge in [0.1, 0.15) is 28.8 Å². The topological polar surface area (TPSA) is 42.0 Å². The molecule has 1 heterocycles. The van der Waals surface area contributed by atoms with E-state index in [2.05, 4.69) is 26.2 Å². The van der Waals surface area contributed by atoms with Crippen molar-refractivity contribution in [3.8, 4) is 0 Å². The lowest BCUT2D eigenvalue weighted by Crippen LogP contribution is -2.16. The number of carbonyl (C=O) groups is 1. The quantitative estimate of drug-likeness (QED) is 0.915. The average Bonchev–Trinajstić information content (AvgIpc) is 2.30. The molecular formula is C12H6BrF3N2O. The molecule has 1 N–H and O–H groups in total. The molecule has 3 nitrogen and oxygen atoms in total. The maximum atomic E-state index is 13.5. The third-order valence-corrected chi connectivity index (χ3v) is 2.66. The van der Waals surface area contributed by atoms with Gasteiger partial charge < -0.3 is 5.32 Å². The molecule has 0 aliphatic carbocycles. The lowest BCUT2D eigenvalue weighted by atomic mass is 10.2. The minimum atomic E-state index is -1.01. The van der Waals surface area contributed by atoms with E-state index in [9.17, 15) is 18.0 Å². The fourth-order valence-corrected chi connectivity index (χ4v) is 1.79. The van der Waals surface area contributed by atoms with E-state index in [1.54, 1.807) is 0 Å². The van der Waals surface area contributed by atoms with Gasteiger partial charge in [0.05, 0.1) is 6.20 Å². The molecule has 2 rings (SSSR count). The fraction of sp³-hybridized carbons (Fsp3) is 0. The fourth-order valence-electron chi connectivity index (χ4n) is 1.39. The van der Waals surface area contributed by atoms with E-state index in [-0.39, 0.29) is 10.3 Å². The van der Waals surface area contributed by atoms with E-state index in [1.165, 1.54) is 6.07 Å². The van der Waals surface area contributed by atoms with Crippen LogP contribution in [0.25, 0.3) is 0 Å². The van der Waals surface area contributed by atoms with Crippen molar-refractivity contribution in [1.29, 1.82) is 0 Å². The van der Waals surface area contributed by atoms with Crippen LogP contribution in [-0.2, 0) is 0 Å². The molecule has 1 amide bonds. The van der Waals surface area contributed by atoms with E-state index < -0.39 is 28.9 Å². The van der Waals surface area contributed by atoms with Crippen molar-refractivity contribution in [1.82, 2.24) is 4.98 Å². The van der Waals surface area contributed by atoms with E-state index in [0.29, 0.717) is 0 Å². The lowest BCUT2D eigenvalue weighted by Gasteiger charge is -2.06. The van der Waals surface area contributed by atoms with Crippen LogP contribution in [0.4, 0.5) is 19.0 Å². The number of benzene rings is 1. The highest BCUT2D eigenvalue weighted by Crippen LogP contribution is 2.20. The molecule has 19 heavy (non-hydrogen) atoms. The SMILES string of the molecule is O=C(Nc1ccc(F)cn1)c1c(F)cc(Br)cc1F. The summed E-state index contributed by atoms with van der Waals surface area (Å²) in [5, 5.41) is 2.17. The Kier molecular flexibility index (Phi) is 3.84. The first-order valence-corrected chi connectivity index (χ1v) is 5.84. The standard InChI is InChI=1S/C12H6BrF3N2O/c13-6-3-8(15)11(9(16)4-6)12(19)18-10-2-1-7(14)5-17-10/h1-5H,(H,17,18,19). The van der Waals surface area contributed by atoms with E-state index >= 15 is 0 Å². The molecule has 2 aromatic rings. The summed E-state index contributed by atoms with van der Waals surface area (Å²) in [5.74, 6) is -3.60. The first kappa shape index (κ1) is 13.5. The number of hydrogen-bond acceptors (Lipinski definition) is 2. The van der Waals surface area contributed by atoms with Crippen LogP contribution in [0.1, 0.15) is 10.4 Å². The zero-order valence-corrected chi connectivity index (χ0v) is 10.8. The Morgan fingerprint density at radius 1 is 1.16 bits per heavy atom. The Labute approximate surface area is 114 Å². The summed E-state index contributed by atoms with van der Waals surface area (Å²) >= 11 is 2.91. The Hall–Kier alpha value is -1.89. The first-order valence-electron chi connectivity index (χ1n) is 5.05. The molecule has 0 saturated heterocycles. The Balaban J connectivity index is 2.28. The highest BCUT2D eigenvalue weighted by Gasteiger charge is 2.18. The second-order valence-electron chi connectivity index (χ2n) is 3.56. The molecule has 0 radical (unpaired) electrons. The summed E-state index contributed by atoms with van der Waals surface area (Å²) in [5.41, 5.74) is -0.727. The highest BCUT2D eigenvalue weighted by atomic mass is 79.9. The maximum Gasteiger partial charge on any atom is 0.262 e. The molecule has 1 aromatic heterocycles. The number of pyridine rings is 1. The second kappa shape index (κ2) is 5.40. The molecule has 0 atom stereocenters. The zero-order valence-electron chi connectivity index (χ0n) is 9.25. The summed E-state index contributed by atoms with van der Waals surface area (Å²) in [6, 6.07) is 4.19. The smallest absolute Gasteiger partial charge is 0.262 e. The number of hydrogen-bond donors (Lipinski definition) is 1. The summed E-state index contributed by atoms with van der Waals surface area (Å²) in [7, 11) is 0. The van der Waals surface area contributed by atoms with Crippen LogP contribution in [0.15, 0.2) is 34.9 Å². The van der Waals surface area contributed by atoms with Gasteiger partial charge >= 0.3 is 0 Å². The number of nitrogens with one attached hydrogen (secondary N) is 1. The van der Waals surface area contributed by atoms with Crippen LogP contribution in [0.2, 0.25) is 0 Å². The minimum absolute atomic E-state index is 0.00637. The first-order chi connectivity index (χ1) is 8.97. The average molecular weight is 331 g/mol. The number of amides is 1.